The van der Waals surface area contributed by atoms with E-state index in [1.807, 2.05) is 0 Å². The molecule has 1 aromatic heterocycles. The highest BCUT2D eigenvalue weighted by atomic mass is 35.5. The number of halogens is 1. The van der Waals surface area contributed by atoms with E-state index in [1.165, 1.54) is 25.7 Å². The predicted octanol–water partition coefficient (Wildman–Crippen LogP) is 2.81. The van der Waals surface area contributed by atoms with Crippen molar-refractivity contribution < 1.29 is 0 Å². The molecule has 0 amide bonds. The molecule has 1 heterocycles. The van der Waals surface area contributed by atoms with Gasteiger partial charge in [-0.3, -0.25) is 15.4 Å². The fourth-order valence-corrected chi connectivity index (χ4v) is 3.26. The molecular weight excluding hydrogens is 248 g/mol. The molecule has 96 valence electrons. The molecule has 2 N–H and O–H groups in total. The van der Waals surface area contributed by atoms with Crippen LogP contribution in [0.4, 0.5) is 0 Å². The maximum atomic E-state index is 8.32. The summed E-state index contributed by atoms with van der Waals surface area (Å²) in [5.74, 6) is 0.782. The van der Waals surface area contributed by atoms with Gasteiger partial charge in [0.25, 0.3) is 0 Å². The normalized spacial score (nSPS) is 25.1. The molecule has 1 unspecified atom stereocenters. The second-order valence-electron chi connectivity index (χ2n) is 5.62. The van der Waals surface area contributed by atoms with E-state index in [0.717, 1.165) is 12.8 Å². The lowest BCUT2D eigenvalue weighted by atomic mass is 9.78. The van der Waals surface area contributed by atoms with Gasteiger partial charge in [-0.05, 0) is 37.5 Å². The fraction of sp³-hybridized carbons (Fsp3) is 0.615. The van der Waals surface area contributed by atoms with Gasteiger partial charge in [0.1, 0.15) is 5.84 Å². The first kappa shape index (κ1) is 11.9. The van der Waals surface area contributed by atoms with Crippen molar-refractivity contribution in [1.29, 1.82) is 10.8 Å². The Labute approximate surface area is 111 Å². The third-order valence-electron chi connectivity index (χ3n) is 4.38. The smallest absolute Gasteiger partial charge is 0.171 e. The van der Waals surface area contributed by atoms with Crippen molar-refractivity contribution >= 4 is 17.4 Å². The Balaban J connectivity index is 1.86. The number of hydrogen-bond donors (Lipinski definition) is 2. The summed E-state index contributed by atoms with van der Waals surface area (Å²) in [5.41, 5.74) is 0.661. The van der Waals surface area contributed by atoms with E-state index in [9.17, 15) is 0 Å². The highest BCUT2D eigenvalue weighted by Gasteiger charge is 2.46. The van der Waals surface area contributed by atoms with E-state index in [0.29, 0.717) is 11.3 Å². The topological polar surface area (TPSA) is 65.5 Å². The van der Waals surface area contributed by atoms with Gasteiger partial charge in [-0.2, -0.15) is 0 Å². The van der Waals surface area contributed by atoms with Crippen molar-refractivity contribution in [1.82, 2.24) is 9.55 Å². The summed E-state index contributed by atoms with van der Waals surface area (Å²) in [7, 11) is 0. The van der Waals surface area contributed by atoms with Crippen LogP contribution < -0.4 is 5.49 Å². The molecule has 2 fully saturated rings. The molecule has 0 aromatic carbocycles. The summed E-state index contributed by atoms with van der Waals surface area (Å²) in [6, 6.07) is 0. The summed E-state index contributed by atoms with van der Waals surface area (Å²) >= 11 is 5.85. The van der Waals surface area contributed by atoms with E-state index >= 15 is 0 Å². The quantitative estimate of drug-likeness (QED) is 0.594. The van der Waals surface area contributed by atoms with Crippen LogP contribution in [0, 0.1) is 22.2 Å². The minimum atomic E-state index is 0.125. The average Bonchev–Trinajstić information content (AvgIpc) is 3.11. The van der Waals surface area contributed by atoms with E-state index in [1.54, 1.807) is 17.0 Å². The zero-order valence-corrected chi connectivity index (χ0v) is 11.0. The lowest BCUT2D eigenvalue weighted by molar-refractivity contribution is 0.292. The third-order valence-corrected chi connectivity index (χ3v) is 4.66. The molecule has 4 nitrogen and oxygen atoms in total. The van der Waals surface area contributed by atoms with Crippen LogP contribution in [-0.4, -0.2) is 15.4 Å². The minimum absolute atomic E-state index is 0.125. The van der Waals surface area contributed by atoms with E-state index < -0.39 is 0 Å². The molecule has 1 atom stereocenters. The summed E-state index contributed by atoms with van der Waals surface area (Å²) < 4.78 is 1.57. The van der Waals surface area contributed by atoms with Crippen molar-refractivity contribution in [2.45, 2.75) is 38.5 Å². The SMILES string of the molecule is N=C(C1CCCC2(CC2)C1)n1ccnc(Cl)c1=N. The van der Waals surface area contributed by atoms with Crippen molar-refractivity contribution in [2.24, 2.45) is 11.3 Å². The third kappa shape index (κ3) is 1.99. The zero-order valence-electron chi connectivity index (χ0n) is 10.2. The van der Waals surface area contributed by atoms with Gasteiger partial charge in [0, 0.05) is 18.3 Å². The molecule has 2 saturated carbocycles. The first-order valence-electron chi connectivity index (χ1n) is 6.48. The number of nitrogens with zero attached hydrogens (tertiary/aromatic N) is 2. The van der Waals surface area contributed by atoms with Crippen LogP contribution in [0.2, 0.25) is 5.15 Å². The monoisotopic (exact) mass is 264 g/mol. The van der Waals surface area contributed by atoms with E-state index in [-0.39, 0.29) is 16.6 Å². The second-order valence-corrected chi connectivity index (χ2v) is 5.97. The molecule has 3 rings (SSSR count). The fourth-order valence-electron chi connectivity index (χ4n) is 3.11. The molecule has 2 aliphatic carbocycles. The lowest BCUT2D eigenvalue weighted by Crippen LogP contribution is -2.35. The van der Waals surface area contributed by atoms with Gasteiger partial charge in [0.15, 0.2) is 10.6 Å². The highest BCUT2D eigenvalue weighted by molar-refractivity contribution is 6.29. The Hall–Kier alpha value is -1.16. The minimum Gasteiger partial charge on any atom is -0.288 e. The Morgan fingerprint density at radius 1 is 1.44 bits per heavy atom. The van der Waals surface area contributed by atoms with Crippen LogP contribution in [0.1, 0.15) is 38.5 Å². The molecule has 2 aliphatic rings. The maximum absolute atomic E-state index is 8.32. The zero-order chi connectivity index (χ0) is 12.8. The van der Waals surface area contributed by atoms with Crippen LogP contribution in [0.5, 0.6) is 0 Å². The van der Waals surface area contributed by atoms with Crippen molar-refractivity contribution in [3.05, 3.63) is 23.0 Å². The summed E-state index contributed by atoms with van der Waals surface area (Å²) in [6.45, 7) is 0. The first-order valence-corrected chi connectivity index (χ1v) is 6.86. The van der Waals surface area contributed by atoms with Gasteiger partial charge in [-0.25, -0.2) is 4.98 Å². The van der Waals surface area contributed by atoms with E-state index in [4.69, 9.17) is 22.4 Å². The molecule has 0 radical (unpaired) electrons. The van der Waals surface area contributed by atoms with Crippen molar-refractivity contribution in [2.75, 3.05) is 0 Å². The van der Waals surface area contributed by atoms with Gasteiger partial charge in [-0.15, -0.1) is 0 Å². The Bertz CT molecular complexity index is 544. The Morgan fingerprint density at radius 2 is 2.22 bits per heavy atom. The van der Waals surface area contributed by atoms with E-state index in [2.05, 4.69) is 4.98 Å². The largest absolute Gasteiger partial charge is 0.288 e. The standard InChI is InChI=1S/C13H17ClN4/c14-10-12(16)18(7-6-17-10)11(15)9-2-1-3-13(8-9)4-5-13/h6-7,9,15-16H,1-5,8H2. The lowest BCUT2D eigenvalue weighted by Gasteiger charge is -2.30. The molecule has 0 saturated heterocycles. The number of rotatable bonds is 1. The molecular formula is C13H17ClN4. The predicted molar refractivity (Wildman–Crippen MR) is 69.8 cm³/mol. The van der Waals surface area contributed by atoms with Gasteiger partial charge >= 0.3 is 0 Å². The molecule has 0 bridgehead atoms. The van der Waals surface area contributed by atoms with Crippen LogP contribution >= 0.6 is 11.6 Å². The van der Waals surface area contributed by atoms with Crippen LogP contribution in [0.15, 0.2) is 12.4 Å². The summed E-state index contributed by atoms with van der Waals surface area (Å²) in [6.07, 6.45) is 10.6. The van der Waals surface area contributed by atoms with Crippen LogP contribution in [0.3, 0.4) is 0 Å². The molecule has 1 spiro atoms. The second kappa shape index (κ2) is 4.19. The van der Waals surface area contributed by atoms with Gasteiger partial charge in [0.05, 0.1) is 0 Å². The van der Waals surface area contributed by atoms with Crippen LogP contribution in [-0.2, 0) is 0 Å². The first-order chi connectivity index (χ1) is 8.61. The summed E-state index contributed by atoms with van der Waals surface area (Å²) in [4.78, 5) is 3.87. The number of hydrogen-bond acceptors (Lipinski definition) is 3. The Kier molecular flexibility index (Phi) is 2.77. The van der Waals surface area contributed by atoms with Gasteiger partial charge in [0.2, 0.25) is 0 Å². The molecule has 18 heavy (non-hydrogen) atoms. The Morgan fingerprint density at radius 3 is 2.94 bits per heavy atom. The average molecular weight is 265 g/mol. The van der Waals surface area contributed by atoms with Crippen molar-refractivity contribution in [3.8, 4) is 0 Å². The van der Waals surface area contributed by atoms with Crippen LogP contribution in [0.25, 0.3) is 0 Å². The van der Waals surface area contributed by atoms with Crippen molar-refractivity contribution in [3.63, 3.8) is 0 Å². The number of aromatic nitrogens is 2. The highest BCUT2D eigenvalue weighted by Crippen LogP contribution is 2.57. The summed E-state index contributed by atoms with van der Waals surface area (Å²) in [5, 5.41) is 16.4. The maximum Gasteiger partial charge on any atom is 0.171 e. The number of nitrogens with one attached hydrogen (secondary N) is 2. The molecule has 1 aromatic rings. The van der Waals surface area contributed by atoms with Gasteiger partial charge < -0.3 is 0 Å². The molecule has 0 aliphatic heterocycles. The van der Waals surface area contributed by atoms with Gasteiger partial charge in [-0.1, -0.05) is 18.0 Å². The molecule has 5 heteroatoms.